The smallest absolute Gasteiger partial charge is 0.319 e. The highest BCUT2D eigenvalue weighted by atomic mass is 79.9. The largest absolute Gasteiger partial charge is 0.534 e. The Morgan fingerprint density at radius 1 is 0.935 bits per heavy atom. The molecular formula is C38H40BrFN2O3Si. The number of fused-ring (bicyclic) bond motifs is 1. The molecule has 1 aliphatic rings. The second kappa shape index (κ2) is 14.1. The highest BCUT2D eigenvalue weighted by molar-refractivity contribution is 9.10. The first-order valence-electron chi connectivity index (χ1n) is 15.9. The molecule has 2 heterocycles. The van der Waals surface area contributed by atoms with Gasteiger partial charge in [-0.3, -0.25) is 4.68 Å². The van der Waals surface area contributed by atoms with Gasteiger partial charge in [-0.2, -0.15) is 5.10 Å². The van der Waals surface area contributed by atoms with Gasteiger partial charge in [-0.05, 0) is 104 Å². The van der Waals surface area contributed by atoms with Gasteiger partial charge in [-0.25, -0.2) is 4.39 Å². The summed E-state index contributed by atoms with van der Waals surface area (Å²) in [6, 6.07) is 32.1. The van der Waals surface area contributed by atoms with E-state index < -0.39 is 8.32 Å². The minimum Gasteiger partial charge on any atom is -0.534 e. The van der Waals surface area contributed by atoms with Crippen LogP contribution in [0.1, 0.15) is 51.3 Å². The van der Waals surface area contributed by atoms with Crippen LogP contribution in [0.4, 0.5) is 4.39 Å². The summed E-state index contributed by atoms with van der Waals surface area (Å²) in [5.41, 5.74) is 1.83. The van der Waals surface area contributed by atoms with Crippen LogP contribution in [0, 0.1) is 5.82 Å². The Balaban J connectivity index is 1.38. The molecule has 4 aromatic carbocycles. The van der Waals surface area contributed by atoms with Crippen molar-refractivity contribution in [1.29, 1.82) is 0 Å². The number of rotatable bonds is 10. The fourth-order valence-electron chi connectivity index (χ4n) is 6.33. The molecule has 5 aromatic rings. The number of aromatic nitrogens is 2. The third-order valence-electron chi connectivity index (χ3n) is 8.55. The first-order chi connectivity index (χ1) is 22.2. The maximum atomic E-state index is 14.6. The molecule has 5 nitrogen and oxygen atoms in total. The number of ether oxygens (including phenoxy) is 2. The molecule has 6 rings (SSSR count). The van der Waals surface area contributed by atoms with Crippen LogP contribution in [0.3, 0.4) is 0 Å². The zero-order chi connectivity index (χ0) is 32.1. The van der Waals surface area contributed by atoms with E-state index in [-0.39, 0.29) is 17.1 Å². The molecule has 0 N–H and O–H groups in total. The van der Waals surface area contributed by atoms with Gasteiger partial charge in [0.1, 0.15) is 16.2 Å². The molecule has 0 radical (unpaired) electrons. The molecular weight excluding hydrogens is 659 g/mol. The molecule has 0 aliphatic carbocycles. The van der Waals surface area contributed by atoms with Gasteiger partial charge in [0.15, 0.2) is 6.29 Å². The van der Waals surface area contributed by atoms with Crippen molar-refractivity contribution in [3.05, 3.63) is 119 Å². The second-order valence-corrected chi connectivity index (χ2v) is 17.8. The van der Waals surface area contributed by atoms with Crippen LogP contribution in [-0.4, -0.2) is 37.6 Å². The quantitative estimate of drug-likeness (QED) is 0.137. The lowest BCUT2D eigenvalue weighted by molar-refractivity contribution is -0.163. The van der Waals surface area contributed by atoms with Gasteiger partial charge in [0, 0.05) is 12.0 Å². The standard InChI is InChI=1S/C38H40BrFN2O3Si/c1-38(2,3)46(32-12-6-4-7-13-32,33-14-8-5-9-15-33)45-35-25-28(24-29-26-30(40)18-20-34(29)35)17-19-31-27-36(39)41-42(31)21-23-44-37-16-10-11-22-43-37/h4-9,12-15,17-20,24-27,37H,10-11,16,21-23H2,1-3H3. The summed E-state index contributed by atoms with van der Waals surface area (Å²) >= 11 is 3.54. The van der Waals surface area contributed by atoms with E-state index in [1.54, 1.807) is 6.07 Å². The number of benzene rings is 4. The molecule has 1 aliphatic heterocycles. The highest BCUT2D eigenvalue weighted by Gasteiger charge is 2.52. The van der Waals surface area contributed by atoms with Crippen LogP contribution in [0.5, 0.6) is 5.75 Å². The van der Waals surface area contributed by atoms with Gasteiger partial charge in [-0.15, -0.1) is 0 Å². The molecule has 46 heavy (non-hydrogen) atoms. The molecule has 1 atom stereocenters. The van der Waals surface area contributed by atoms with Crippen LogP contribution in [0.15, 0.2) is 102 Å². The first kappa shape index (κ1) is 32.4. The van der Waals surface area contributed by atoms with Crippen molar-refractivity contribution in [3.63, 3.8) is 0 Å². The van der Waals surface area contributed by atoms with Crippen LogP contribution in [0.2, 0.25) is 5.04 Å². The van der Waals surface area contributed by atoms with Gasteiger partial charge in [0.05, 0.1) is 18.8 Å². The monoisotopic (exact) mass is 698 g/mol. The van der Waals surface area contributed by atoms with E-state index in [1.807, 2.05) is 47.2 Å². The van der Waals surface area contributed by atoms with Crippen molar-refractivity contribution < 1.29 is 18.3 Å². The van der Waals surface area contributed by atoms with Crippen molar-refractivity contribution in [1.82, 2.24) is 9.78 Å². The normalized spacial score (nSPS) is 15.9. The molecule has 1 aromatic heterocycles. The van der Waals surface area contributed by atoms with Gasteiger partial charge < -0.3 is 13.9 Å². The summed E-state index contributed by atoms with van der Waals surface area (Å²) in [5.74, 6) is 0.455. The fraction of sp³-hybridized carbons (Fsp3) is 0.289. The van der Waals surface area contributed by atoms with Crippen LogP contribution >= 0.6 is 15.9 Å². The number of halogens is 2. The molecule has 238 valence electrons. The maximum Gasteiger partial charge on any atom is 0.319 e. The van der Waals surface area contributed by atoms with Gasteiger partial charge in [0.2, 0.25) is 0 Å². The number of nitrogens with zero attached hydrogens (tertiary/aromatic N) is 2. The van der Waals surface area contributed by atoms with E-state index in [2.05, 4.69) is 96.4 Å². The van der Waals surface area contributed by atoms with Crippen molar-refractivity contribution in [2.24, 2.45) is 0 Å². The molecule has 8 heteroatoms. The molecule has 1 fully saturated rings. The van der Waals surface area contributed by atoms with E-state index in [4.69, 9.17) is 13.9 Å². The Morgan fingerprint density at radius 3 is 2.30 bits per heavy atom. The summed E-state index contributed by atoms with van der Waals surface area (Å²) < 4.78 is 36.4. The number of hydrogen-bond donors (Lipinski definition) is 0. The van der Waals surface area contributed by atoms with E-state index in [9.17, 15) is 4.39 Å². The Hall–Kier alpha value is -3.56. The van der Waals surface area contributed by atoms with Gasteiger partial charge in [0.25, 0.3) is 0 Å². The average molecular weight is 700 g/mol. The lowest BCUT2D eigenvalue weighted by atomic mass is 10.1. The predicted molar refractivity (Wildman–Crippen MR) is 191 cm³/mol. The summed E-state index contributed by atoms with van der Waals surface area (Å²) in [5, 5.41) is 8.41. The Morgan fingerprint density at radius 2 is 1.65 bits per heavy atom. The van der Waals surface area contributed by atoms with Gasteiger partial charge in [-0.1, -0.05) is 87.5 Å². The fourth-order valence-corrected chi connectivity index (χ4v) is 11.2. The summed E-state index contributed by atoms with van der Waals surface area (Å²) in [6.07, 6.45) is 7.07. The van der Waals surface area contributed by atoms with E-state index in [0.29, 0.717) is 13.2 Å². The van der Waals surface area contributed by atoms with Crippen LogP contribution < -0.4 is 14.8 Å². The van der Waals surface area contributed by atoms with Crippen LogP contribution in [-0.2, 0) is 16.0 Å². The van der Waals surface area contributed by atoms with Gasteiger partial charge >= 0.3 is 8.32 Å². The summed E-state index contributed by atoms with van der Waals surface area (Å²) in [6.45, 7) is 8.63. The third kappa shape index (κ3) is 7.05. The molecule has 0 bridgehead atoms. The zero-order valence-corrected chi connectivity index (χ0v) is 29.2. The Kier molecular flexibility index (Phi) is 9.89. The van der Waals surface area contributed by atoms with Crippen molar-refractivity contribution in [2.45, 2.75) is 57.9 Å². The molecule has 1 unspecified atom stereocenters. The molecule has 0 amide bonds. The third-order valence-corrected chi connectivity index (χ3v) is 13.9. The predicted octanol–water partition coefficient (Wildman–Crippen LogP) is 8.59. The SMILES string of the molecule is CC(C)(C)[Si](Oc1cc(C=Cc2cc(Br)nn2CCOC2CCCCO2)cc2cc(F)ccc12)(c1ccccc1)c1ccccc1. The molecule has 0 saturated carbocycles. The molecule has 1 saturated heterocycles. The van der Waals surface area contributed by atoms with Crippen molar-refractivity contribution >= 4 is 57.5 Å². The zero-order valence-electron chi connectivity index (χ0n) is 26.6. The minimum atomic E-state index is -2.93. The second-order valence-electron chi connectivity index (χ2n) is 12.8. The van der Waals surface area contributed by atoms with E-state index in [1.165, 1.54) is 16.4 Å². The Labute approximate surface area is 280 Å². The highest BCUT2D eigenvalue weighted by Crippen LogP contribution is 2.40. The molecule has 0 spiro atoms. The van der Waals surface area contributed by atoms with E-state index >= 15 is 0 Å². The topological polar surface area (TPSA) is 45.5 Å². The van der Waals surface area contributed by atoms with Crippen molar-refractivity contribution in [3.8, 4) is 5.75 Å². The van der Waals surface area contributed by atoms with Crippen LogP contribution in [0.25, 0.3) is 22.9 Å². The average Bonchev–Trinajstić information content (AvgIpc) is 3.41. The lowest BCUT2D eigenvalue weighted by Gasteiger charge is -2.43. The summed E-state index contributed by atoms with van der Waals surface area (Å²) in [4.78, 5) is 0. The number of hydrogen-bond acceptors (Lipinski definition) is 4. The Bertz CT molecular complexity index is 1760. The summed E-state index contributed by atoms with van der Waals surface area (Å²) in [7, 11) is -2.93. The minimum absolute atomic E-state index is 0.140. The lowest BCUT2D eigenvalue weighted by Crippen LogP contribution is -2.68. The van der Waals surface area contributed by atoms with Crippen molar-refractivity contribution in [2.75, 3.05) is 13.2 Å². The first-order valence-corrected chi connectivity index (χ1v) is 18.6. The maximum absolute atomic E-state index is 14.6. The van der Waals surface area contributed by atoms with E-state index in [0.717, 1.165) is 58.3 Å².